The number of aryl methyl sites for hydroxylation is 2. The van der Waals surface area contributed by atoms with Crippen LogP contribution in [0.25, 0.3) is 22.0 Å². The van der Waals surface area contributed by atoms with E-state index in [1.54, 1.807) is 6.20 Å². The number of fused-ring (bicyclic) bond motifs is 1. The summed E-state index contributed by atoms with van der Waals surface area (Å²) in [6, 6.07) is 14.6. The van der Waals surface area contributed by atoms with Gasteiger partial charge in [0, 0.05) is 35.8 Å². The van der Waals surface area contributed by atoms with Gasteiger partial charge < -0.3 is 15.2 Å². The molecule has 0 bridgehead atoms. The van der Waals surface area contributed by atoms with Gasteiger partial charge in [0.15, 0.2) is 0 Å². The standard InChI is InChI=1S/C30H37N5O2/c1-7-9-23-12-20(4)33-30(37)26(23)16-31-29(36)25-14-24(15-28-27(25)17-32-35(28)19(2)3)22-11-8-10-21(13-22)18-34(5)6/h8,10-15,17,19H,7,9,16,18H2,1-6H3,(H,31,36)(H,33,37). The number of nitrogens with zero attached hydrogens (tertiary/aromatic N) is 3. The molecule has 1 amide bonds. The van der Waals surface area contributed by atoms with E-state index in [4.69, 9.17) is 0 Å². The second kappa shape index (κ2) is 11.1. The van der Waals surface area contributed by atoms with Gasteiger partial charge in [-0.1, -0.05) is 31.5 Å². The van der Waals surface area contributed by atoms with E-state index in [9.17, 15) is 9.59 Å². The van der Waals surface area contributed by atoms with Gasteiger partial charge in [-0.15, -0.1) is 0 Å². The molecular formula is C30H37N5O2. The summed E-state index contributed by atoms with van der Waals surface area (Å²) in [5.41, 5.74) is 6.95. The van der Waals surface area contributed by atoms with E-state index in [0.29, 0.717) is 11.1 Å². The number of H-pyrrole nitrogens is 1. The highest BCUT2D eigenvalue weighted by Gasteiger charge is 2.18. The number of hydrogen-bond donors (Lipinski definition) is 2. The topological polar surface area (TPSA) is 83.0 Å². The zero-order valence-corrected chi connectivity index (χ0v) is 22.7. The maximum absolute atomic E-state index is 13.6. The lowest BCUT2D eigenvalue weighted by Crippen LogP contribution is -2.28. The summed E-state index contributed by atoms with van der Waals surface area (Å²) >= 11 is 0. The predicted octanol–water partition coefficient (Wildman–Crippen LogP) is 5.23. The average Bonchev–Trinajstić information content (AvgIpc) is 3.27. The molecule has 4 rings (SSSR count). The molecule has 2 aromatic carbocycles. The van der Waals surface area contributed by atoms with Crippen LogP contribution in [0.1, 0.15) is 66.0 Å². The minimum absolute atomic E-state index is 0.145. The number of carbonyl (C=O) groups is 1. The molecule has 2 heterocycles. The second-order valence-electron chi connectivity index (χ2n) is 10.3. The molecule has 37 heavy (non-hydrogen) atoms. The Kier molecular flexibility index (Phi) is 7.93. The fraction of sp³-hybridized carbons (Fsp3) is 0.367. The van der Waals surface area contributed by atoms with Crippen LogP contribution in [0.4, 0.5) is 0 Å². The summed E-state index contributed by atoms with van der Waals surface area (Å²) < 4.78 is 1.95. The van der Waals surface area contributed by atoms with Gasteiger partial charge in [-0.2, -0.15) is 5.10 Å². The molecule has 0 aliphatic rings. The Bertz CT molecular complexity index is 1480. The molecule has 0 saturated heterocycles. The molecule has 0 unspecified atom stereocenters. The number of rotatable bonds is 9. The van der Waals surface area contributed by atoms with Crippen LogP contribution >= 0.6 is 0 Å². The van der Waals surface area contributed by atoms with Gasteiger partial charge >= 0.3 is 0 Å². The molecule has 0 aliphatic carbocycles. The molecule has 2 aromatic heterocycles. The monoisotopic (exact) mass is 499 g/mol. The second-order valence-corrected chi connectivity index (χ2v) is 10.3. The van der Waals surface area contributed by atoms with E-state index in [2.05, 4.69) is 71.4 Å². The third-order valence-corrected chi connectivity index (χ3v) is 6.52. The summed E-state index contributed by atoms with van der Waals surface area (Å²) in [5, 5.41) is 8.40. The fourth-order valence-electron chi connectivity index (χ4n) is 4.86. The van der Waals surface area contributed by atoms with Crippen LogP contribution < -0.4 is 10.9 Å². The smallest absolute Gasteiger partial charge is 0.253 e. The maximum atomic E-state index is 13.6. The van der Waals surface area contributed by atoms with Gasteiger partial charge in [0.2, 0.25) is 0 Å². The molecular weight excluding hydrogens is 462 g/mol. The number of aromatic nitrogens is 3. The Morgan fingerprint density at radius 3 is 2.62 bits per heavy atom. The number of amides is 1. The van der Waals surface area contributed by atoms with E-state index in [-0.39, 0.29) is 24.1 Å². The highest BCUT2D eigenvalue weighted by Crippen LogP contribution is 2.30. The Morgan fingerprint density at radius 1 is 1.14 bits per heavy atom. The van der Waals surface area contributed by atoms with Crippen LogP contribution in [-0.4, -0.2) is 39.7 Å². The van der Waals surface area contributed by atoms with E-state index < -0.39 is 0 Å². The zero-order chi connectivity index (χ0) is 26.7. The van der Waals surface area contributed by atoms with E-state index in [1.165, 1.54) is 5.56 Å². The first-order valence-corrected chi connectivity index (χ1v) is 12.9. The third-order valence-electron chi connectivity index (χ3n) is 6.52. The molecule has 0 aliphatic heterocycles. The van der Waals surface area contributed by atoms with Gasteiger partial charge in [-0.25, -0.2) is 0 Å². The van der Waals surface area contributed by atoms with Crippen LogP contribution in [-0.2, 0) is 19.5 Å². The van der Waals surface area contributed by atoms with Gasteiger partial charge in [0.05, 0.1) is 17.3 Å². The van der Waals surface area contributed by atoms with Crippen molar-refractivity contribution in [2.45, 2.75) is 59.7 Å². The van der Waals surface area contributed by atoms with Crippen molar-refractivity contribution in [2.75, 3.05) is 14.1 Å². The van der Waals surface area contributed by atoms with Crippen molar-refractivity contribution in [1.82, 2.24) is 25.0 Å². The number of benzene rings is 2. The zero-order valence-electron chi connectivity index (χ0n) is 22.7. The Morgan fingerprint density at radius 2 is 1.92 bits per heavy atom. The predicted molar refractivity (Wildman–Crippen MR) is 150 cm³/mol. The van der Waals surface area contributed by atoms with E-state index >= 15 is 0 Å². The number of pyridine rings is 1. The lowest BCUT2D eigenvalue weighted by atomic mass is 9.98. The summed E-state index contributed by atoms with van der Waals surface area (Å²) in [7, 11) is 4.10. The number of aromatic amines is 1. The maximum Gasteiger partial charge on any atom is 0.253 e. The normalized spacial score (nSPS) is 11.6. The lowest BCUT2D eigenvalue weighted by Gasteiger charge is -2.14. The van der Waals surface area contributed by atoms with Crippen LogP contribution in [0.3, 0.4) is 0 Å². The average molecular weight is 500 g/mol. The minimum Gasteiger partial charge on any atom is -0.348 e. The highest BCUT2D eigenvalue weighted by molar-refractivity contribution is 6.08. The van der Waals surface area contributed by atoms with Crippen molar-refractivity contribution < 1.29 is 4.79 Å². The first kappa shape index (κ1) is 26.4. The Labute approximate surface area is 218 Å². The molecule has 0 saturated carbocycles. The number of carbonyl (C=O) groups excluding carboxylic acids is 1. The quantitative estimate of drug-likeness (QED) is 0.331. The van der Waals surface area contributed by atoms with Crippen molar-refractivity contribution >= 4 is 16.8 Å². The molecule has 0 radical (unpaired) electrons. The first-order valence-electron chi connectivity index (χ1n) is 12.9. The van der Waals surface area contributed by atoms with E-state index in [0.717, 1.165) is 52.7 Å². The van der Waals surface area contributed by atoms with Crippen LogP contribution in [0.2, 0.25) is 0 Å². The largest absolute Gasteiger partial charge is 0.348 e. The lowest BCUT2D eigenvalue weighted by molar-refractivity contribution is 0.0952. The summed E-state index contributed by atoms with van der Waals surface area (Å²) in [4.78, 5) is 31.3. The van der Waals surface area contributed by atoms with Gasteiger partial charge in [-0.3, -0.25) is 14.3 Å². The summed E-state index contributed by atoms with van der Waals surface area (Å²) in [6.45, 7) is 9.13. The molecule has 0 atom stereocenters. The molecule has 2 N–H and O–H groups in total. The SMILES string of the molecule is CCCc1cc(C)[nH]c(=O)c1CNC(=O)c1cc(-c2cccc(CN(C)C)c2)cc2c1cnn2C(C)C. The highest BCUT2D eigenvalue weighted by atomic mass is 16.1. The van der Waals surface area contributed by atoms with Crippen LogP contribution in [0.15, 0.2) is 53.5 Å². The van der Waals surface area contributed by atoms with Crippen LogP contribution in [0, 0.1) is 6.92 Å². The third kappa shape index (κ3) is 5.83. The van der Waals surface area contributed by atoms with Crippen molar-refractivity contribution in [3.05, 3.63) is 87.0 Å². The van der Waals surface area contributed by atoms with Crippen molar-refractivity contribution in [3.63, 3.8) is 0 Å². The van der Waals surface area contributed by atoms with Gasteiger partial charge in [0.25, 0.3) is 11.5 Å². The Balaban J connectivity index is 1.75. The van der Waals surface area contributed by atoms with Gasteiger partial charge in [-0.05, 0) is 87.8 Å². The van der Waals surface area contributed by atoms with Gasteiger partial charge in [0.1, 0.15) is 0 Å². The summed E-state index contributed by atoms with van der Waals surface area (Å²) in [5.74, 6) is -0.220. The Hall–Kier alpha value is -3.71. The molecule has 194 valence electrons. The molecule has 7 heteroatoms. The molecule has 0 spiro atoms. The van der Waals surface area contributed by atoms with E-state index in [1.807, 2.05) is 37.8 Å². The molecule has 7 nitrogen and oxygen atoms in total. The van der Waals surface area contributed by atoms with Crippen molar-refractivity contribution in [1.29, 1.82) is 0 Å². The molecule has 0 fully saturated rings. The number of hydrogen-bond acceptors (Lipinski definition) is 4. The minimum atomic E-state index is -0.220. The first-order chi connectivity index (χ1) is 17.7. The fourth-order valence-corrected chi connectivity index (χ4v) is 4.86. The van der Waals surface area contributed by atoms with Crippen molar-refractivity contribution in [2.24, 2.45) is 0 Å². The summed E-state index contributed by atoms with van der Waals surface area (Å²) in [6.07, 6.45) is 3.48. The van der Waals surface area contributed by atoms with Crippen LogP contribution in [0.5, 0.6) is 0 Å². The molecule has 4 aromatic rings. The van der Waals surface area contributed by atoms with Crippen molar-refractivity contribution in [3.8, 4) is 11.1 Å². The number of nitrogens with one attached hydrogen (secondary N) is 2.